The molecule has 0 bridgehead atoms. The smallest absolute Gasteiger partial charge is 0.250 e. The van der Waals surface area contributed by atoms with Crippen molar-refractivity contribution < 1.29 is 0 Å². The number of pyridine rings is 1. The molecule has 168 valence electrons. The van der Waals surface area contributed by atoms with Crippen LogP contribution in [0.5, 0.6) is 0 Å². The van der Waals surface area contributed by atoms with Crippen LogP contribution in [0.2, 0.25) is 0 Å². The quantitative estimate of drug-likeness (QED) is 0.565. The van der Waals surface area contributed by atoms with Crippen molar-refractivity contribution in [1.82, 2.24) is 19.2 Å². The monoisotopic (exact) mass is 422 g/mol. The topological polar surface area (TPSA) is 43.1 Å². The van der Waals surface area contributed by atoms with Gasteiger partial charge in [-0.15, -0.1) is 0 Å². The maximum Gasteiger partial charge on any atom is 0.250 e. The lowest BCUT2D eigenvalue weighted by Gasteiger charge is -2.26. The molecule has 0 spiro atoms. The summed E-state index contributed by atoms with van der Waals surface area (Å²) in [7, 11) is 0. The van der Waals surface area contributed by atoms with Crippen molar-refractivity contribution in [2.75, 3.05) is 19.6 Å². The van der Waals surface area contributed by atoms with Crippen LogP contribution in [0, 0.1) is 13.8 Å². The van der Waals surface area contributed by atoms with Gasteiger partial charge in [0.2, 0.25) is 0 Å². The fourth-order valence-electron chi connectivity index (χ4n) is 3.63. The first-order chi connectivity index (χ1) is 15.1. The van der Waals surface area contributed by atoms with Crippen LogP contribution < -0.4 is 5.56 Å². The van der Waals surface area contributed by atoms with Crippen LogP contribution in [0.3, 0.4) is 0 Å². The van der Waals surface area contributed by atoms with Crippen LogP contribution in [-0.4, -0.2) is 38.9 Å². The Morgan fingerprint density at radius 1 is 0.871 bits per heavy atom. The molecule has 1 aliphatic rings. The molecular weight excluding hydrogens is 384 g/mol. The first-order valence-electron chi connectivity index (χ1n) is 11.6. The standard InChI is InChI=1S/C14H22N2O.C10H10N2.C2H6/c1-13-6-11-16(14(17)12-13)10-5-9-15-7-3-2-4-8-15;1-9-4-2-5-10(8-9)12-7-3-6-11-12;1-2/h6,11-12H,2-5,7-10H2,1H3;2-8H,1H3;1-2H3. The van der Waals surface area contributed by atoms with Gasteiger partial charge in [0.1, 0.15) is 0 Å². The lowest BCUT2D eigenvalue weighted by Crippen LogP contribution is -2.31. The molecule has 1 aliphatic heterocycles. The third kappa shape index (κ3) is 8.54. The first kappa shape index (κ1) is 24.6. The minimum absolute atomic E-state index is 0.128. The molecule has 0 aliphatic carbocycles. The van der Waals surface area contributed by atoms with Gasteiger partial charge in [0, 0.05) is 31.2 Å². The molecule has 31 heavy (non-hydrogen) atoms. The van der Waals surface area contributed by atoms with Crippen LogP contribution in [0.15, 0.2) is 65.8 Å². The normalized spacial score (nSPS) is 13.5. The van der Waals surface area contributed by atoms with E-state index in [2.05, 4.69) is 29.1 Å². The number of rotatable bonds is 5. The van der Waals surface area contributed by atoms with E-state index in [0.717, 1.165) is 30.8 Å². The third-order valence-corrected chi connectivity index (χ3v) is 5.24. The molecule has 0 unspecified atom stereocenters. The summed E-state index contributed by atoms with van der Waals surface area (Å²) in [5.74, 6) is 0. The number of hydrogen-bond donors (Lipinski definition) is 0. The van der Waals surface area contributed by atoms with E-state index in [9.17, 15) is 4.79 Å². The zero-order valence-electron chi connectivity index (χ0n) is 19.6. The molecule has 3 aromatic rings. The van der Waals surface area contributed by atoms with E-state index in [4.69, 9.17) is 0 Å². The SMILES string of the molecule is CC.Cc1cccc(-n2cccn2)c1.Cc1ccn(CCCN2CCCCC2)c(=O)c1. The lowest BCUT2D eigenvalue weighted by atomic mass is 10.1. The summed E-state index contributed by atoms with van der Waals surface area (Å²) in [4.78, 5) is 14.2. The largest absolute Gasteiger partial charge is 0.315 e. The second kappa shape index (κ2) is 13.6. The summed E-state index contributed by atoms with van der Waals surface area (Å²) in [6.45, 7) is 12.5. The van der Waals surface area contributed by atoms with Crippen LogP contribution in [0.4, 0.5) is 0 Å². The predicted molar refractivity (Wildman–Crippen MR) is 130 cm³/mol. The van der Waals surface area contributed by atoms with Crippen molar-refractivity contribution >= 4 is 0 Å². The molecule has 0 atom stereocenters. The molecule has 5 nitrogen and oxygen atoms in total. The summed E-state index contributed by atoms with van der Waals surface area (Å²) >= 11 is 0. The number of benzene rings is 1. The summed E-state index contributed by atoms with van der Waals surface area (Å²) in [6, 6.07) is 13.9. The van der Waals surface area contributed by atoms with Crippen molar-refractivity contribution in [2.24, 2.45) is 0 Å². The highest BCUT2D eigenvalue weighted by Crippen LogP contribution is 2.09. The van der Waals surface area contributed by atoms with Gasteiger partial charge in [-0.3, -0.25) is 4.79 Å². The molecular formula is C26H38N4O. The van der Waals surface area contributed by atoms with Gasteiger partial charge in [0.15, 0.2) is 0 Å². The van der Waals surface area contributed by atoms with Crippen molar-refractivity contribution in [3.63, 3.8) is 0 Å². The van der Waals surface area contributed by atoms with Gasteiger partial charge in [-0.05, 0) is 88.1 Å². The van der Waals surface area contributed by atoms with E-state index in [1.54, 1.807) is 12.3 Å². The van der Waals surface area contributed by atoms with E-state index in [-0.39, 0.29) is 5.56 Å². The number of hydrogen-bond acceptors (Lipinski definition) is 3. The third-order valence-electron chi connectivity index (χ3n) is 5.24. The highest BCUT2D eigenvalue weighted by atomic mass is 16.1. The summed E-state index contributed by atoms with van der Waals surface area (Å²) in [6.07, 6.45) is 10.8. The van der Waals surface area contributed by atoms with Gasteiger partial charge in [-0.2, -0.15) is 5.10 Å². The molecule has 0 radical (unpaired) electrons. The second-order valence-corrected chi connectivity index (χ2v) is 7.78. The number of nitrogens with zero attached hydrogens (tertiary/aromatic N) is 4. The Bertz CT molecular complexity index is 925. The van der Waals surface area contributed by atoms with E-state index in [0.29, 0.717) is 0 Å². The molecule has 4 rings (SSSR count). The predicted octanol–water partition coefficient (Wildman–Crippen LogP) is 5.24. The van der Waals surface area contributed by atoms with Crippen molar-refractivity contribution in [3.8, 4) is 5.69 Å². The minimum atomic E-state index is 0.128. The highest BCUT2D eigenvalue weighted by molar-refractivity contribution is 5.34. The molecule has 1 fully saturated rings. The first-order valence-corrected chi connectivity index (χ1v) is 11.6. The molecule has 2 aromatic heterocycles. The van der Waals surface area contributed by atoms with E-state index in [1.165, 1.54) is 37.9 Å². The van der Waals surface area contributed by atoms with E-state index in [1.807, 2.05) is 66.7 Å². The highest BCUT2D eigenvalue weighted by Gasteiger charge is 2.09. The van der Waals surface area contributed by atoms with E-state index >= 15 is 0 Å². The minimum Gasteiger partial charge on any atom is -0.315 e. The van der Waals surface area contributed by atoms with E-state index < -0.39 is 0 Å². The average molecular weight is 423 g/mol. The summed E-state index contributed by atoms with van der Waals surface area (Å²) < 4.78 is 3.67. The molecule has 1 aromatic carbocycles. The lowest BCUT2D eigenvalue weighted by molar-refractivity contribution is 0.222. The van der Waals surface area contributed by atoms with Crippen LogP contribution in [0.25, 0.3) is 5.69 Å². The second-order valence-electron chi connectivity index (χ2n) is 7.78. The van der Waals surface area contributed by atoms with Gasteiger partial charge in [-0.25, -0.2) is 4.68 Å². The van der Waals surface area contributed by atoms with Crippen LogP contribution >= 0.6 is 0 Å². The number of likely N-dealkylation sites (tertiary alicyclic amines) is 1. The molecule has 1 saturated heterocycles. The molecule has 0 saturated carbocycles. The summed E-state index contributed by atoms with van der Waals surface area (Å²) in [5, 5.41) is 4.14. The van der Waals surface area contributed by atoms with Gasteiger partial charge in [0.25, 0.3) is 5.56 Å². The Hall–Kier alpha value is -2.66. The zero-order chi connectivity index (χ0) is 22.5. The van der Waals surface area contributed by atoms with Crippen molar-refractivity contribution in [1.29, 1.82) is 0 Å². The van der Waals surface area contributed by atoms with Gasteiger partial charge < -0.3 is 9.47 Å². The zero-order valence-corrected chi connectivity index (χ0v) is 19.6. The Kier molecular flexibility index (Phi) is 10.8. The molecule has 3 heterocycles. The number of piperidine rings is 1. The number of aromatic nitrogens is 3. The van der Waals surface area contributed by atoms with Crippen LogP contribution in [-0.2, 0) is 6.54 Å². The fourth-order valence-corrected chi connectivity index (χ4v) is 3.63. The Balaban J connectivity index is 0.000000214. The van der Waals surface area contributed by atoms with Crippen molar-refractivity contribution in [3.05, 3.63) is 82.5 Å². The van der Waals surface area contributed by atoms with Crippen LogP contribution in [0.1, 0.15) is 50.7 Å². The Morgan fingerprint density at radius 3 is 2.26 bits per heavy atom. The molecule has 0 N–H and O–H groups in total. The maximum absolute atomic E-state index is 11.7. The molecule has 5 heteroatoms. The average Bonchev–Trinajstić information content (AvgIpc) is 3.33. The molecule has 0 amide bonds. The van der Waals surface area contributed by atoms with Crippen molar-refractivity contribution in [2.45, 2.75) is 59.9 Å². The summed E-state index contributed by atoms with van der Waals surface area (Å²) in [5.41, 5.74) is 3.54. The fraction of sp³-hybridized carbons (Fsp3) is 0.462. The van der Waals surface area contributed by atoms with Gasteiger partial charge in [-0.1, -0.05) is 32.4 Å². The maximum atomic E-state index is 11.7. The van der Waals surface area contributed by atoms with Gasteiger partial charge in [0.05, 0.1) is 5.69 Å². The van der Waals surface area contributed by atoms with Gasteiger partial charge >= 0.3 is 0 Å². The number of aryl methyl sites for hydroxylation is 3. The Labute approximate surface area is 187 Å². The Morgan fingerprint density at radius 2 is 1.61 bits per heavy atom.